The lowest BCUT2D eigenvalue weighted by Gasteiger charge is -2.13. The zero-order chi connectivity index (χ0) is 15.2. The van der Waals surface area contributed by atoms with Crippen molar-refractivity contribution in [2.45, 2.75) is 19.3 Å². The first-order chi connectivity index (χ1) is 10.2. The maximum atomic E-state index is 11.5. The van der Waals surface area contributed by atoms with E-state index in [0.29, 0.717) is 12.0 Å². The Hall–Kier alpha value is -2.66. The van der Waals surface area contributed by atoms with Gasteiger partial charge < -0.3 is 0 Å². The van der Waals surface area contributed by atoms with Crippen molar-refractivity contribution in [2.24, 2.45) is 0 Å². The van der Waals surface area contributed by atoms with Crippen LogP contribution < -0.4 is 0 Å². The molecular formula is C19H17NO. The van der Waals surface area contributed by atoms with E-state index < -0.39 is 0 Å². The van der Waals surface area contributed by atoms with E-state index >= 15 is 0 Å². The molecule has 21 heavy (non-hydrogen) atoms. The largest absolute Gasteiger partial charge is 0.295 e. The van der Waals surface area contributed by atoms with Gasteiger partial charge in [0.05, 0.1) is 11.6 Å². The van der Waals surface area contributed by atoms with E-state index in [1.165, 1.54) is 6.08 Å². The van der Waals surface area contributed by atoms with Gasteiger partial charge in [0.25, 0.3) is 0 Å². The number of rotatable bonds is 5. The molecule has 0 radical (unpaired) electrons. The van der Waals surface area contributed by atoms with Gasteiger partial charge >= 0.3 is 0 Å². The molecule has 0 aliphatic heterocycles. The zero-order valence-corrected chi connectivity index (χ0v) is 12.0. The smallest absolute Gasteiger partial charge is 0.155 e. The minimum Gasteiger partial charge on any atom is -0.295 e. The summed E-state index contributed by atoms with van der Waals surface area (Å²) in [6.45, 7) is 5.45. The van der Waals surface area contributed by atoms with Gasteiger partial charge in [0.2, 0.25) is 0 Å². The highest BCUT2D eigenvalue weighted by atomic mass is 16.1. The summed E-state index contributed by atoms with van der Waals surface area (Å²) < 4.78 is 0. The summed E-state index contributed by atoms with van der Waals surface area (Å²) in [5, 5.41) is 9.37. The highest BCUT2D eigenvalue weighted by Gasteiger charge is 2.14. The van der Waals surface area contributed by atoms with Crippen molar-refractivity contribution in [3.05, 3.63) is 72.3 Å². The highest BCUT2D eigenvalue weighted by molar-refractivity contribution is 5.89. The molecule has 2 aromatic rings. The third-order valence-electron chi connectivity index (χ3n) is 3.55. The number of carbonyl (C=O) groups is 1. The lowest BCUT2D eigenvalue weighted by molar-refractivity contribution is -0.114. The minimum absolute atomic E-state index is 0.00137. The van der Waals surface area contributed by atoms with Crippen molar-refractivity contribution >= 4 is 5.78 Å². The molecule has 2 nitrogen and oxygen atoms in total. The monoisotopic (exact) mass is 275 g/mol. The molecule has 2 rings (SSSR count). The molecule has 0 aliphatic carbocycles. The van der Waals surface area contributed by atoms with Crippen molar-refractivity contribution < 1.29 is 4.79 Å². The second-order valence-electron chi connectivity index (χ2n) is 5.06. The minimum atomic E-state index is -0.00137. The van der Waals surface area contributed by atoms with Gasteiger partial charge in [-0.3, -0.25) is 4.79 Å². The fraction of sp³-hybridized carbons (Fsp3) is 0.158. The van der Waals surface area contributed by atoms with Crippen molar-refractivity contribution in [3.63, 3.8) is 0 Å². The summed E-state index contributed by atoms with van der Waals surface area (Å²) in [4.78, 5) is 11.5. The molecule has 2 heteroatoms. The number of carbonyl (C=O) groups excluding carboxylic acids is 1. The molecule has 0 fully saturated rings. The van der Waals surface area contributed by atoms with Crippen LogP contribution in [0.3, 0.4) is 0 Å². The van der Waals surface area contributed by atoms with Crippen LogP contribution in [0, 0.1) is 11.3 Å². The predicted octanol–water partition coefficient (Wildman–Crippen LogP) is 4.47. The van der Waals surface area contributed by atoms with Crippen LogP contribution in [0.25, 0.3) is 11.1 Å². The van der Waals surface area contributed by atoms with Crippen LogP contribution in [-0.4, -0.2) is 5.78 Å². The number of hydrogen-bond acceptors (Lipinski definition) is 2. The van der Waals surface area contributed by atoms with Crippen LogP contribution in [-0.2, 0) is 4.79 Å². The van der Waals surface area contributed by atoms with Crippen LogP contribution in [0.5, 0.6) is 0 Å². The van der Waals surface area contributed by atoms with E-state index in [2.05, 4.69) is 12.6 Å². The van der Waals surface area contributed by atoms with Crippen LogP contribution in [0.4, 0.5) is 0 Å². The SMILES string of the molecule is C=CC(=O)CC(C)c1ccc(-c2ccccc2)cc1C#N. The maximum Gasteiger partial charge on any atom is 0.155 e. The summed E-state index contributed by atoms with van der Waals surface area (Å²) in [7, 11) is 0. The van der Waals surface area contributed by atoms with E-state index in [9.17, 15) is 10.1 Å². The van der Waals surface area contributed by atoms with Gasteiger partial charge in [-0.2, -0.15) is 5.26 Å². The molecule has 104 valence electrons. The molecule has 0 bridgehead atoms. The average molecular weight is 275 g/mol. The Labute approximate surface area is 125 Å². The first-order valence-corrected chi connectivity index (χ1v) is 6.90. The van der Waals surface area contributed by atoms with E-state index in [1.807, 2.05) is 55.5 Å². The fourth-order valence-corrected chi connectivity index (χ4v) is 2.39. The Kier molecular flexibility index (Phi) is 4.68. The molecule has 0 aliphatic rings. The maximum absolute atomic E-state index is 11.5. The third-order valence-corrected chi connectivity index (χ3v) is 3.55. The van der Waals surface area contributed by atoms with Gasteiger partial charge in [-0.1, -0.05) is 56.0 Å². The summed E-state index contributed by atoms with van der Waals surface area (Å²) in [5.41, 5.74) is 3.63. The van der Waals surface area contributed by atoms with Crippen LogP contribution >= 0.6 is 0 Å². The van der Waals surface area contributed by atoms with Crippen molar-refractivity contribution in [3.8, 4) is 17.2 Å². The predicted molar refractivity (Wildman–Crippen MR) is 84.8 cm³/mol. The Bertz CT molecular complexity index is 695. The second kappa shape index (κ2) is 6.67. The number of ketones is 1. The second-order valence-corrected chi connectivity index (χ2v) is 5.06. The van der Waals surface area contributed by atoms with Crippen molar-refractivity contribution in [2.75, 3.05) is 0 Å². The normalized spacial score (nSPS) is 11.4. The Morgan fingerprint density at radius 3 is 2.57 bits per heavy atom. The Morgan fingerprint density at radius 2 is 1.95 bits per heavy atom. The summed E-state index contributed by atoms with van der Waals surface area (Å²) in [6.07, 6.45) is 1.71. The van der Waals surface area contributed by atoms with Gasteiger partial charge in [0.15, 0.2) is 5.78 Å². The number of hydrogen-bond donors (Lipinski definition) is 0. The first-order valence-electron chi connectivity index (χ1n) is 6.90. The summed E-state index contributed by atoms with van der Waals surface area (Å²) in [6, 6.07) is 18.0. The van der Waals surface area contributed by atoms with Crippen molar-refractivity contribution in [1.82, 2.24) is 0 Å². The molecule has 0 aromatic heterocycles. The van der Waals surface area contributed by atoms with E-state index in [4.69, 9.17) is 0 Å². The number of benzene rings is 2. The first kappa shape index (κ1) is 14.7. The summed E-state index contributed by atoms with van der Waals surface area (Å²) >= 11 is 0. The van der Waals surface area contributed by atoms with Gasteiger partial charge in [0, 0.05) is 6.42 Å². The Balaban J connectivity index is 2.36. The van der Waals surface area contributed by atoms with Crippen molar-refractivity contribution in [1.29, 1.82) is 5.26 Å². The third kappa shape index (κ3) is 3.46. The molecule has 0 heterocycles. The molecule has 1 atom stereocenters. The number of nitriles is 1. The number of nitrogens with zero attached hydrogens (tertiary/aromatic N) is 1. The fourth-order valence-electron chi connectivity index (χ4n) is 2.39. The molecule has 1 unspecified atom stereocenters. The van der Waals surface area contributed by atoms with Gasteiger partial charge in [0.1, 0.15) is 0 Å². The van der Waals surface area contributed by atoms with Gasteiger partial charge in [-0.15, -0.1) is 0 Å². The molecule has 0 spiro atoms. The lowest BCUT2D eigenvalue weighted by atomic mass is 9.90. The molecule has 0 amide bonds. The van der Waals surface area contributed by atoms with E-state index in [0.717, 1.165) is 16.7 Å². The van der Waals surface area contributed by atoms with E-state index in [-0.39, 0.29) is 11.7 Å². The van der Waals surface area contributed by atoms with Gasteiger partial charge in [-0.05, 0) is 34.8 Å². The Morgan fingerprint density at radius 1 is 1.24 bits per heavy atom. The topological polar surface area (TPSA) is 40.9 Å². The molecule has 0 saturated carbocycles. The van der Waals surface area contributed by atoms with Gasteiger partial charge in [-0.25, -0.2) is 0 Å². The van der Waals surface area contributed by atoms with Crippen LogP contribution in [0.1, 0.15) is 30.4 Å². The average Bonchev–Trinajstić information content (AvgIpc) is 2.54. The molecular weight excluding hydrogens is 258 g/mol. The standard InChI is InChI=1S/C19H17NO/c1-3-18(21)11-14(2)19-10-9-16(12-17(19)13-20)15-7-5-4-6-8-15/h3-10,12,14H,1,11H2,2H3. The van der Waals surface area contributed by atoms with Crippen LogP contribution in [0.15, 0.2) is 61.2 Å². The molecule has 2 aromatic carbocycles. The molecule has 0 N–H and O–H groups in total. The highest BCUT2D eigenvalue weighted by Crippen LogP contribution is 2.28. The van der Waals surface area contributed by atoms with E-state index in [1.54, 1.807) is 0 Å². The lowest BCUT2D eigenvalue weighted by Crippen LogP contribution is -2.03. The quantitative estimate of drug-likeness (QED) is 0.755. The number of allylic oxidation sites excluding steroid dienone is 1. The zero-order valence-electron chi connectivity index (χ0n) is 12.0. The summed E-state index contributed by atoms with van der Waals surface area (Å²) in [5.74, 6) is 0.00787. The molecule has 0 saturated heterocycles. The van der Waals surface area contributed by atoms with Crippen LogP contribution in [0.2, 0.25) is 0 Å².